The number of hydrogen-bond donors (Lipinski definition) is 1. The van der Waals surface area contributed by atoms with Gasteiger partial charge >= 0.3 is 5.97 Å². The smallest absolute Gasteiger partial charge is 0.334 e. The van der Waals surface area contributed by atoms with E-state index in [1.165, 1.54) is 11.1 Å². The molecule has 1 aliphatic rings. The lowest BCUT2D eigenvalue weighted by Gasteiger charge is -2.11. The maximum Gasteiger partial charge on any atom is 0.334 e. The van der Waals surface area contributed by atoms with Crippen molar-refractivity contribution in [2.24, 2.45) is 0 Å². The number of carbonyl (C=O) groups is 1. The van der Waals surface area contributed by atoms with Crippen LogP contribution in [0.5, 0.6) is 0 Å². The lowest BCUT2D eigenvalue weighted by molar-refractivity contribution is -0.152. The third-order valence-electron chi connectivity index (χ3n) is 2.80. The molecule has 0 unspecified atom stereocenters. The maximum atomic E-state index is 11.0. The molecular formula is C13H17NO3. The summed E-state index contributed by atoms with van der Waals surface area (Å²) >= 11 is 0. The molecule has 17 heavy (non-hydrogen) atoms. The van der Waals surface area contributed by atoms with Gasteiger partial charge in [0.2, 0.25) is 0 Å². The fourth-order valence-electron chi connectivity index (χ4n) is 2.06. The summed E-state index contributed by atoms with van der Waals surface area (Å²) in [5, 5.41) is 0. The Balaban J connectivity index is 1.72. The van der Waals surface area contributed by atoms with Crippen LogP contribution in [0.4, 0.5) is 0 Å². The number of benzene rings is 1. The van der Waals surface area contributed by atoms with Gasteiger partial charge in [-0.05, 0) is 30.9 Å². The van der Waals surface area contributed by atoms with Crippen LogP contribution < -0.4 is 5.48 Å². The molecule has 0 aliphatic heterocycles. The van der Waals surface area contributed by atoms with Crippen LogP contribution in [-0.4, -0.2) is 25.2 Å². The molecule has 0 spiro atoms. The van der Waals surface area contributed by atoms with E-state index in [0.717, 1.165) is 12.8 Å². The Kier molecular flexibility index (Phi) is 4.12. The van der Waals surface area contributed by atoms with Gasteiger partial charge in [0.15, 0.2) is 6.61 Å². The van der Waals surface area contributed by atoms with E-state index >= 15 is 0 Å². The number of nitrogens with one attached hydrogen (secondary N) is 1. The normalized spacial score (nSPS) is 14.6. The van der Waals surface area contributed by atoms with Gasteiger partial charge in [-0.3, -0.25) is 4.84 Å². The number of hydroxylamine groups is 1. The second kappa shape index (κ2) is 5.80. The third-order valence-corrected chi connectivity index (χ3v) is 2.80. The van der Waals surface area contributed by atoms with Crippen LogP contribution in [0, 0.1) is 0 Å². The Morgan fingerprint density at radius 1 is 1.35 bits per heavy atom. The van der Waals surface area contributed by atoms with Gasteiger partial charge in [0.25, 0.3) is 0 Å². The van der Waals surface area contributed by atoms with E-state index in [4.69, 9.17) is 9.57 Å². The zero-order valence-electron chi connectivity index (χ0n) is 9.94. The Bertz CT molecular complexity index is 367. The molecule has 0 radical (unpaired) electrons. The summed E-state index contributed by atoms with van der Waals surface area (Å²) in [7, 11) is 0. The van der Waals surface area contributed by atoms with Crippen molar-refractivity contribution in [2.75, 3.05) is 13.2 Å². The number of carbonyl (C=O) groups excluding carboxylic acids is 1. The summed E-state index contributed by atoms with van der Waals surface area (Å²) in [4.78, 5) is 16.2. The van der Waals surface area contributed by atoms with E-state index in [0.29, 0.717) is 6.61 Å². The fourth-order valence-corrected chi connectivity index (χ4v) is 2.06. The molecule has 0 atom stereocenters. The maximum absolute atomic E-state index is 11.0. The number of esters is 1. The first-order valence-corrected chi connectivity index (χ1v) is 5.89. The Morgan fingerprint density at radius 2 is 2.00 bits per heavy atom. The Morgan fingerprint density at radius 3 is 2.59 bits per heavy atom. The largest absolute Gasteiger partial charge is 0.464 e. The van der Waals surface area contributed by atoms with Crippen molar-refractivity contribution in [1.29, 1.82) is 0 Å². The molecule has 0 fully saturated rings. The SMILES string of the molecule is CCOC(=O)CONC1Cc2ccccc2C1. The summed E-state index contributed by atoms with van der Waals surface area (Å²) in [5.74, 6) is -0.337. The first-order valence-electron chi connectivity index (χ1n) is 5.89. The first-order chi connectivity index (χ1) is 8.29. The first kappa shape index (κ1) is 12.1. The highest BCUT2D eigenvalue weighted by molar-refractivity contribution is 5.70. The summed E-state index contributed by atoms with van der Waals surface area (Å²) < 4.78 is 4.76. The van der Waals surface area contributed by atoms with Gasteiger partial charge in [0.1, 0.15) is 0 Å². The van der Waals surface area contributed by atoms with Crippen molar-refractivity contribution in [1.82, 2.24) is 5.48 Å². The minimum atomic E-state index is -0.337. The van der Waals surface area contributed by atoms with Gasteiger partial charge in [-0.15, -0.1) is 0 Å². The van der Waals surface area contributed by atoms with Crippen LogP contribution in [0.1, 0.15) is 18.1 Å². The highest BCUT2D eigenvalue weighted by Crippen LogP contribution is 2.21. The molecule has 2 rings (SSSR count). The lowest BCUT2D eigenvalue weighted by atomic mass is 10.1. The molecule has 0 aromatic heterocycles. The van der Waals surface area contributed by atoms with E-state index in [1.807, 2.05) is 12.1 Å². The molecule has 0 saturated heterocycles. The van der Waals surface area contributed by atoms with Crippen molar-refractivity contribution in [3.05, 3.63) is 35.4 Å². The number of hydrogen-bond acceptors (Lipinski definition) is 4. The van der Waals surface area contributed by atoms with E-state index in [2.05, 4.69) is 17.6 Å². The molecule has 1 aliphatic carbocycles. The van der Waals surface area contributed by atoms with Crippen molar-refractivity contribution in [3.63, 3.8) is 0 Å². The molecule has 0 heterocycles. The molecule has 0 bridgehead atoms. The minimum absolute atomic E-state index is 0.0410. The van der Waals surface area contributed by atoms with E-state index < -0.39 is 0 Å². The summed E-state index contributed by atoms with van der Waals surface area (Å²) in [6.45, 7) is 2.12. The highest BCUT2D eigenvalue weighted by Gasteiger charge is 2.20. The van der Waals surface area contributed by atoms with Gasteiger partial charge in [-0.1, -0.05) is 24.3 Å². The lowest BCUT2D eigenvalue weighted by Crippen LogP contribution is -2.32. The van der Waals surface area contributed by atoms with Gasteiger partial charge in [-0.25, -0.2) is 4.79 Å². The van der Waals surface area contributed by atoms with Gasteiger partial charge < -0.3 is 4.74 Å². The van der Waals surface area contributed by atoms with Crippen LogP contribution in [-0.2, 0) is 27.2 Å². The molecule has 4 heteroatoms. The second-order valence-corrected chi connectivity index (χ2v) is 4.09. The van der Waals surface area contributed by atoms with Crippen molar-refractivity contribution in [2.45, 2.75) is 25.8 Å². The number of ether oxygens (including phenoxy) is 1. The molecule has 4 nitrogen and oxygen atoms in total. The predicted molar refractivity (Wildman–Crippen MR) is 63.4 cm³/mol. The highest BCUT2D eigenvalue weighted by atomic mass is 16.7. The van der Waals surface area contributed by atoms with Crippen molar-refractivity contribution in [3.8, 4) is 0 Å². The minimum Gasteiger partial charge on any atom is -0.464 e. The molecule has 0 amide bonds. The number of fused-ring (bicyclic) bond motifs is 1. The Hall–Kier alpha value is -1.39. The average Bonchev–Trinajstić information content (AvgIpc) is 2.71. The number of rotatable bonds is 5. The second-order valence-electron chi connectivity index (χ2n) is 4.09. The molecular weight excluding hydrogens is 218 g/mol. The molecule has 1 N–H and O–H groups in total. The van der Waals surface area contributed by atoms with E-state index in [9.17, 15) is 4.79 Å². The summed E-state index contributed by atoms with van der Waals surface area (Å²) in [6, 6.07) is 8.59. The molecule has 1 aromatic carbocycles. The average molecular weight is 235 g/mol. The summed E-state index contributed by atoms with van der Waals surface area (Å²) in [5.41, 5.74) is 5.62. The standard InChI is InChI=1S/C13H17NO3/c1-2-16-13(15)9-17-14-12-7-10-5-3-4-6-11(10)8-12/h3-6,12,14H,2,7-9H2,1H3. The quantitative estimate of drug-likeness (QED) is 0.616. The van der Waals surface area contributed by atoms with Crippen LogP contribution in [0.3, 0.4) is 0 Å². The molecule has 1 aromatic rings. The monoisotopic (exact) mass is 235 g/mol. The van der Waals surface area contributed by atoms with E-state index in [1.54, 1.807) is 6.92 Å². The predicted octanol–water partition coefficient (Wildman–Crippen LogP) is 1.24. The van der Waals surface area contributed by atoms with Crippen LogP contribution >= 0.6 is 0 Å². The van der Waals surface area contributed by atoms with Crippen molar-refractivity contribution >= 4 is 5.97 Å². The van der Waals surface area contributed by atoms with Crippen molar-refractivity contribution < 1.29 is 14.4 Å². The Labute approximate surface area is 101 Å². The van der Waals surface area contributed by atoms with Crippen LogP contribution in [0.15, 0.2) is 24.3 Å². The molecule has 0 saturated carbocycles. The van der Waals surface area contributed by atoms with Crippen LogP contribution in [0.2, 0.25) is 0 Å². The van der Waals surface area contributed by atoms with Crippen LogP contribution in [0.25, 0.3) is 0 Å². The van der Waals surface area contributed by atoms with Gasteiger partial charge in [0.05, 0.1) is 6.61 Å². The molecule has 92 valence electrons. The third kappa shape index (κ3) is 3.28. The zero-order valence-corrected chi connectivity index (χ0v) is 9.94. The van der Waals surface area contributed by atoms with E-state index in [-0.39, 0.29) is 18.6 Å². The summed E-state index contributed by atoms with van der Waals surface area (Å²) in [6.07, 6.45) is 1.89. The fraction of sp³-hybridized carbons (Fsp3) is 0.462. The van der Waals surface area contributed by atoms with Gasteiger partial charge in [-0.2, -0.15) is 5.48 Å². The topological polar surface area (TPSA) is 47.6 Å². The van der Waals surface area contributed by atoms with Gasteiger partial charge in [0, 0.05) is 6.04 Å². The zero-order chi connectivity index (χ0) is 12.1.